The zero-order valence-corrected chi connectivity index (χ0v) is 13.3. The van der Waals surface area contributed by atoms with Gasteiger partial charge in [-0.05, 0) is 30.7 Å². The number of carbonyl (C=O) groups is 1. The minimum absolute atomic E-state index is 0.148. The number of fused-ring (bicyclic) bond motifs is 1. The number of carbonyl (C=O) groups excluding carboxylic acids is 1. The number of aromatic nitrogens is 2. The molecule has 23 heavy (non-hydrogen) atoms. The molecule has 114 valence electrons. The Morgan fingerprint density at radius 2 is 2.00 bits per heavy atom. The van der Waals surface area contributed by atoms with Gasteiger partial charge in [0.05, 0.1) is 11.4 Å². The molecule has 1 amide bonds. The Morgan fingerprint density at radius 3 is 2.78 bits per heavy atom. The number of hydrogen-bond acceptors (Lipinski definition) is 4. The van der Waals surface area contributed by atoms with Gasteiger partial charge in [-0.25, -0.2) is 9.98 Å². The number of amidine groups is 1. The summed E-state index contributed by atoms with van der Waals surface area (Å²) in [6, 6.07) is 11.8. The number of aliphatic imine (C=N–C) groups is 1. The first-order valence-electron chi connectivity index (χ1n) is 7.28. The van der Waals surface area contributed by atoms with E-state index in [0.717, 1.165) is 22.1 Å². The van der Waals surface area contributed by atoms with Crippen molar-refractivity contribution < 1.29 is 4.79 Å². The van der Waals surface area contributed by atoms with E-state index in [1.807, 2.05) is 60.3 Å². The lowest BCUT2D eigenvalue weighted by Crippen LogP contribution is -2.30. The van der Waals surface area contributed by atoms with Crippen LogP contribution in [0.15, 0.2) is 53.8 Å². The van der Waals surface area contributed by atoms with Gasteiger partial charge in [0.1, 0.15) is 10.7 Å². The molecule has 0 fully saturated rings. The Bertz CT molecular complexity index is 909. The van der Waals surface area contributed by atoms with Crippen LogP contribution >= 0.6 is 11.3 Å². The van der Waals surface area contributed by atoms with Crippen molar-refractivity contribution in [2.45, 2.75) is 13.3 Å². The molecule has 1 aliphatic rings. The highest BCUT2D eigenvalue weighted by molar-refractivity contribution is 7.16. The SMILES string of the molecule is Cc1nc(-n2cccc2)sc1C(=O)NC1=Nc2ccccc2C1. The van der Waals surface area contributed by atoms with Crippen molar-refractivity contribution in [2.75, 3.05) is 0 Å². The molecule has 6 heteroatoms. The van der Waals surface area contributed by atoms with Crippen LogP contribution in [0.25, 0.3) is 5.13 Å². The molecule has 1 aromatic carbocycles. The fourth-order valence-corrected chi connectivity index (χ4v) is 3.49. The number of rotatable bonds is 2. The maximum atomic E-state index is 12.5. The number of hydrogen-bond donors (Lipinski definition) is 1. The molecular weight excluding hydrogens is 308 g/mol. The lowest BCUT2D eigenvalue weighted by Gasteiger charge is -2.02. The van der Waals surface area contributed by atoms with Crippen LogP contribution in [-0.4, -0.2) is 21.3 Å². The molecule has 3 heterocycles. The molecule has 0 unspecified atom stereocenters. The summed E-state index contributed by atoms with van der Waals surface area (Å²) in [5.74, 6) is 0.538. The first-order chi connectivity index (χ1) is 11.2. The van der Waals surface area contributed by atoms with Gasteiger partial charge in [-0.1, -0.05) is 29.5 Å². The third kappa shape index (κ3) is 2.57. The van der Waals surface area contributed by atoms with Crippen molar-refractivity contribution >= 4 is 28.8 Å². The fourth-order valence-electron chi connectivity index (χ4n) is 2.56. The van der Waals surface area contributed by atoms with Gasteiger partial charge in [0.2, 0.25) is 0 Å². The number of aryl methyl sites for hydroxylation is 1. The van der Waals surface area contributed by atoms with Gasteiger partial charge in [-0.15, -0.1) is 0 Å². The van der Waals surface area contributed by atoms with Crippen LogP contribution in [0, 0.1) is 6.92 Å². The normalized spacial score (nSPS) is 12.8. The first-order valence-corrected chi connectivity index (χ1v) is 8.10. The standard InChI is InChI=1S/C17H14N4OS/c1-11-15(23-17(18-11)21-8-4-5-9-21)16(22)20-14-10-12-6-2-3-7-13(12)19-14/h2-9H,10H2,1H3,(H,19,20,22). The smallest absolute Gasteiger partial charge is 0.268 e. The second-order valence-electron chi connectivity index (χ2n) is 5.32. The summed E-state index contributed by atoms with van der Waals surface area (Å²) in [6.07, 6.45) is 4.49. The molecule has 0 aliphatic carbocycles. The molecule has 0 spiro atoms. The van der Waals surface area contributed by atoms with Crippen molar-refractivity contribution in [3.05, 3.63) is 64.9 Å². The maximum Gasteiger partial charge on any atom is 0.268 e. The van der Waals surface area contributed by atoms with E-state index in [2.05, 4.69) is 15.3 Å². The molecule has 0 radical (unpaired) electrons. The van der Waals surface area contributed by atoms with Crippen LogP contribution in [0.5, 0.6) is 0 Å². The van der Waals surface area contributed by atoms with Crippen molar-refractivity contribution in [3.8, 4) is 5.13 Å². The average Bonchev–Trinajstić information content (AvgIpc) is 3.25. The fraction of sp³-hybridized carbons (Fsp3) is 0.118. The molecule has 0 saturated heterocycles. The van der Waals surface area contributed by atoms with Crippen molar-refractivity contribution in [2.24, 2.45) is 4.99 Å². The summed E-state index contributed by atoms with van der Waals surface area (Å²) in [5, 5.41) is 3.70. The zero-order valence-electron chi connectivity index (χ0n) is 12.5. The van der Waals surface area contributed by atoms with E-state index in [9.17, 15) is 4.79 Å². The van der Waals surface area contributed by atoms with Crippen LogP contribution in [-0.2, 0) is 6.42 Å². The van der Waals surface area contributed by atoms with Gasteiger partial charge in [-0.2, -0.15) is 0 Å². The van der Waals surface area contributed by atoms with Crippen LogP contribution in [0.2, 0.25) is 0 Å². The van der Waals surface area contributed by atoms with Crippen molar-refractivity contribution in [3.63, 3.8) is 0 Å². The molecular formula is C17H14N4OS. The second kappa shape index (κ2) is 5.48. The van der Waals surface area contributed by atoms with E-state index in [4.69, 9.17) is 0 Å². The van der Waals surface area contributed by atoms with Crippen LogP contribution in [0.1, 0.15) is 20.9 Å². The molecule has 2 aromatic heterocycles. The summed E-state index contributed by atoms with van der Waals surface area (Å²) in [4.78, 5) is 22.1. The highest BCUT2D eigenvalue weighted by atomic mass is 32.1. The molecule has 0 atom stereocenters. The van der Waals surface area contributed by atoms with E-state index < -0.39 is 0 Å². The second-order valence-corrected chi connectivity index (χ2v) is 6.30. The topological polar surface area (TPSA) is 59.3 Å². The first kappa shape index (κ1) is 13.9. The van der Waals surface area contributed by atoms with Crippen LogP contribution in [0.3, 0.4) is 0 Å². The summed E-state index contributed by atoms with van der Waals surface area (Å²) in [6.45, 7) is 1.85. The lowest BCUT2D eigenvalue weighted by atomic mass is 10.1. The number of amides is 1. The molecule has 3 aromatic rings. The minimum atomic E-state index is -0.148. The zero-order chi connectivity index (χ0) is 15.8. The van der Waals surface area contributed by atoms with E-state index in [1.165, 1.54) is 11.3 Å². The van der Waals surface area contributed by atoms with Crippen LogP contribution in [0.4, 0.5) is 5.69 Å². The van der Waals surface area contributed by atoms with E-state index in [0.29, 0.717) is 17.1 Å². The number of nitrogens with zero attached hydrogens (tertiary/aromatic N) is 3. The molecule has 4 rings (SSSR count). The summed E-state index contributed by atoms with van der Waals surface area (Å²) >= 11 is 1.38. The Hall–Kier alpha value is -2.73. The number of thiazole rings is 1. The Kier molecular flexibility index (Phi) is 3.31. The average molecular weight is 322 g/mol. The highest BCUT2D eigenvalue weighted by Crippen LogP contribution is 2.26. The van der Waals surface area contributed by atoms with Gasteiger partial charge in [0.15, 0.2) is 5.13 Å². The maximum absolute atomic E-state index is 12.5. The van der Waals surface area contributed by atoms with Gasteiger partial charge in [0.25, 0.3) is 5.91 Å². The Labute approximate surface area is 137 Å². The van der Waals surface area contributed by atoms with E-state index in [1.54, 1.807) is 0 Å². The molecule has 5 nitrogen and oxygen atoms in total. The number of nitrogens with one attached hydrogen (secondary N) is 1. The molecule has 0 bridgehead atoms. The highest BCUT2D eigenvalue weighted by Gasteiger charge is 2.20. The van der Waals surface area contributed by atoms with Crippen LogP contribution < -0.4 is 5.32 Å². The number of para-hydroxylation sites is 1. The summed E-state index contributed by atoms with van der Waals surface area (Å²) < 4.78 is 1.90. The third-order valence-corrected chi connectivity index (χ3v) is 4.85. The predicted molar refractivity (Wildman–Crippen MR) is 90.9 cm³/mol. The predicted octanol–water partition coefficient (Wildman–Crippen LogP) is 3.26. The summed E-state index contributed by atoms with van der Waals surface area (Å²) in [5.41, 5.74) is 2.79. The summed E-state index contributed by atoms with van der Waals surface area (Å²) in [7, 11) is 0. The van der Waals surface area contributed by atoms with E-state index in [-0.39, 0.29) is 5.91 Å². The number of benzene rings is 1. The van der Waals surface area contributed by atoms with Crippen molar-refractivity contribution in [1.82, 2.24) is 14.9 Å². The molecule has 1 N–H and O–H groups in total. The van der Waals surface area contributed by atoms with Gasteiger partial charge >= 0.3 is 0 Å². The Balaban J connectivity index is 1.55. The van der Waals surface area contributed by atoms with Gasteiger partial charge < -0.3 is 9.88 Å². The largest absolute Gasteiger partial charge is 0.309 e. The quantitative estimate of drug-likeness (QED) is 0.787. The van der Waals surface area contributed by atoms with E-state index >= 15 is 0 Å². The molecule has 0 saturated carbocycles. The minimum Gasteiger partial charge on any atom is -0.309 e. The van der Waals surface area contributed by atoms with Gasteiger partial charge in [-0.3, -0.25) is 4.79 Å². The Morgan fingerprint density at radius 1 is 1.22 bits per heavy atom. The monoisotopic (exact) mass is 322 g/mol. The van der Waals surface area contributed by atoms with Crippen molar-refractivity contribution in [1.29, 1.82) is 0 Å². The third-order valence-electron chi connectivity index (χ3n) is 3.68. The molecule has 1 aliphatic heterocycles. The van der Waals surface area contributed by atoms with Gasteiger partial charge in [0, 0.05) is 18.8 Å². The lowest BCUT2D eigenvalue weighted by molar-refractivity contribution is 0.0980.